The van der Waals surface area contributed by atoms with Crippen molar-refractivity contribution in [1.82, 2.24) is 4.90 Å². The van der Waals surface area contributed by atoms with E-state index in [1.165, 1.54) is 12.8 Å². The molecule has 1 N–H and O–H groups in total. The largest absolute Gasteiger partial charge is 0.494 e. The molecule has 1 aromatic rings. The standard InChI is InChI=1S/C22H32BNO4/c1-13(12-25)18-10-17(23-27-21(3,4)22(5,6)28-23)9-16-11-24(20(26)19(16)18)14(2)15-7-8-15/h9-10,13-15,25H,7-8,11-12H2,1-6H3/t13?,14-/m0/s1. The van der Waals surface area contributed by atoms with Crippen molar-refractivity contribution in [3.8, 4) is 0 Å². The van der Waals surface area contributed by atoms with Crippen LogP contribution in [0.15, 0.2) is 12.1 Å². The number of hydrogen-bond acceptors (Lipinski definition) is 4. The molecular weight excluding hydrogens is 353 g/mol. The Hall–Kier alpha value is -1.37. The van der Waals surface area contributed by atoms with Crippen LogP contribution in [0.1, 0.15) is 81.8 Å². The molecule has 0 aromatic heterocycles. The van der Waals surface area contributed by atoms with E-state index in [1.54, 1.807) is 0 Å². The number of aliphatic hydroxyl groups is 1. The Morgan fingerprint density at radius 1 is 1.18 bits per heavy atom. The quantitative estimate of drug-likeness (QED) is 0.792. The number of nitrogens with zero attached hydrogens (tertiary/aromatic N) is 1. The first kappa shape index (κ1) is 19.9. The van der Waals surface area contributed by atoms with Crippen LogP contribution in [-0.4, -0.2) is 46.9 Å². The Morgan fingerprint density at radius 2 is 1.79 bits per heavy atom. The lowest BCUT2D eigenvalue weighted by atomic mass is 9.75. The Bertz CT molecular complexity index is 786. The van der Waals surface area contributed by atoms with Gasteiger partial charge in [-0.2, -0.15) is 0 Å². The highest BCUT2D eigenvalue weighted by atomic mass is 16.7. The van der Waals surface area contributed by atoms with Crippen molar-refractivity contribution < 1.29 is 19.2 Å². The number of rotatable bonds is 5. The molecule has 3 aliphatic rings. The lowest BCUT2D eigenvalue weighted by Gasteiger charge is -2.32. The number of benzene rings is 1. The molecule has 2 fully saturated rings. The van der Waals surface area contributed by atoms with Crippen LogP contribution in [0.25, 0.3) is 0 Å². The molecule has 28 heavy (non-hydrogen) atoms. The maximum absolute atomic E-state index is 13.2. The van der Waals surface area contributed by atoms with Crippen molar-refractivity contribution in [3.63, 3.8) is 0 Å². The summed E-state index contributed by atoms with van der Waals surface area (Å²) < 4.78 is 12.5. The molecule has 0 radical (unpaired) electrons. The van der Waals surface area contributed by atoms with Gasteiger partial charge in [0.2, 0.25) is 0 Å². The Kier molecular flexibility index (Phi) is 4.68. The van der Waals surface area contributed by atoms with E-state index in [4.69, 9.17) is 9.31 Å². The summed E-state index contributed by atoms with van der Waals surface area (Å²) in [6.45, 7) is 12.9. The van der Waals surface area contributed by atoms with Crippen LogP contribution in [-0.2, 0) is 15.9 Å². The van der Waals surface area contributed by atoms with Crippen LogP contribution < -0.4 is 5.46 Å². The minimum absolute atomic E-state index is 0.00468. The van der Waals surface area contributed by atoms with Gasteiger partial charge in [0.15, 0.2) is 0 Å². The normalized spacial score (nSPS) is 25.2. The van der Waals surface area contributed by atoms with Gasteiger partial charge >= 0.3 is 7.12 Å². The maximum Gasteiger partial charge on any atom is 0.494 e. The molecule has 1 aromatic carbocycles. The molecule has 1 saturated heterocycles. The Balaban J connectivity index is 1.73. The van der Waals surface area contributed by atoms with Gasteiger partial charge in [0.1, 0.15) is 0 Å². The molecule has 4 rings (SSSR count). The van der Waals surface area contributed by atoms with E-state index in [0.717, 1.165) is 22.2 Å². The fourth-order valence-corrected chi connectivity index (χ4v) is 4.30. The van der Waals surface area contributed by atoms with Crippen LogP contribution >= 0.6 is 0 Å². The molecule has 1 unspecified atom stereocenters. The van der Waals surface area contributed by atoms with Crippen molar-refractivity contribution in [3.05, 3.63) is 28.8 Å². The van der Waals surface area contributed by atoms with Gasteiger partial charge < -0.3 is 19.3 Å². The van der Waals surface area contributed by atoms with Gasteiger partial charge in [-0.3, -0.25) is 4.79 Å². The Morgan fingerprint density at radius 3 is 2.32 bits per heavy atom. The lowest BCUT2D eigenvalue weighted by molar-refractivity contribution is 0.00578. The summed E-state index contributed by atoms with van der Waals surface area (Å²) in [7, 11) is -0.468. The predicted octanol–water partition coefficient (Wildman–Crippen LogP) is 2.84. The number of carbonyl (C=O) groups is 1. The van der Waals surface area contributed by atoms with Crippen LogP contribution in [0.3, 0.4) is 0 Å². The third-order valence-corrected chi connectivity index (χ3v) is 7.21. The molecular formula is C22H32BNO4. The van der Waals surface area contributed by atoms with Crippen LogP contribution in [0.4, 0.5) is 0 Å². The average molecular weight is 385 g/mol. The molecule has 6 heteroatoms. The topological polar surface area (TPSA) is 59.0 Å². The average Bonchev–Trinajstić information content (AvgIpc) is 3.38. The van der Waals surface area contributed by atoms with Gasteiger partial charge in [0.05, 0.1) is 11.2 Å². The highest BCUT2D eigenvalue weighted by Crippen LogP contribution is 2.40. The highest BCUT2D eigenvalue weighted by molar-refractivity contribution is 6.62. The monoisotopic (exact) mass is 385 g/mol. The molecule has 152 valence electrons. The minimum Gasteiger partial charge on any atom is -0.399 e. The van der Waals surface area contributed by atoms with E-state index in [0.29, 0.717) is 12.5 Å². The molecule has 1 aliphatic carbocycles. The zero-order valence-electron chi connectivity index (χ0n) is 17.9. The summed E-state index contributed by atoms with van der Waals surface area (Å²) in [5, 5.41) is 9.81. The summed E-state index contributed by atoms with van der Waals surface area (Å²) in [5.74, 6) is 0.612. The fraction of sp³-hybridized carbons (Fsp3) is 0.682. The number of aliphatic hydroxyl groups excluding tert-OH is 1. The van der Waals surface area contributed by atoms with E-state index in [9.17, 15) is 9.90 Å². The number of carbonyl (C=O) groups excluding carboxylic acids is 1. The van der Waals surface area contributed by atoms with Crippen LogP contribution in [0.5, 0.6) is 0 Å². The van der Waals surface area contributed by atoms with Crippen molar-refractivity contribution >= 4 is 18.5 Å². The van der Waals surface area contributed by atoms with Crippen molar-refractivity contribution in [2.75, 3.05) is 6.61 Å². The summed E-state index contributed by atoms with van der Waals surface area (Å²) in [6, 6.07) is 4.34. The first-order valence-corrected chi connectivity index (χ1v) is 10.5. The minimum atomic E-state index is -0.468. The summed E-state index contributed by atoms with van der Waals surface area (Å²) in [6.07, 6.45) is 2.42. The Labute approximate surface area is 168 Å². The molecule has 1 amide bonds. The van der Waals surface area contributed by atoms with E-state index < -0.39 is 18.3 Å². The second kappa shape index (κ2) is 6.58. The van der Waals surface area contributed by atoms with Crippen molar-refractivity contribution in [2.24, 2.45) is 5.92 Å². The van der Waals surface area contributed by atoms with E-state index in [2.05, 4.69) is 13.0 Å². The molecule has 1 saturated carbocycles. The zero-order chi connectivity index (χ0) is 20.4. The third-order valence-electron chi connectivity index (χ3n) is 7.21. The smallest absolute Gasteiger partial charge is 0.399 e. The third kappa shape index (κ3) is 3.10. The van der Waals surface area contributed by atoms with Crippen molar-refractivity contribution in [1.29, 1.82) is 0 Å². The van der Waals surface area contributed by atoms with Gasteiger partial charge in [-0.1, -0.05) is 19.1 Å². The molecule has 5 nitrogen and oxygen atoms in total. The molecule has 0 bridgehead atoms. The molecule has 2 heterocycles. The van der Waals surface area contributed by atoms with Crippen LogP contribution in [0.2, 0.25) is 0 Å². The van der Waals surface area contributed by atoms with Gasteiger partial charge in [0, 0.05) is 30.7 Å². The van der Waals surface area contributed by atoms with Gasteiger partial charge in [-0.15, -0.1) is 0 Å². The van der Waals surface area contributed by atoms with E-state index in [1.807, 2.05) is 45.6 Å². The number of amides is 1. The second-order valence-electron chi connectivity index (χ2n) is 9.83. The van der Waals surface area contributed by atoms with Crippen LogP contribution in [0, 0.1) is 5.92 Å². The molecule has 0 spiro atoms. The first-order valence-electron chi connectivity index (χ1n) is 10.5. The number of fused-ring (bicyclic) bond motifs is 1. The highest BCUT2D eigenvalue weighted by Gasteiger charge is 2.52. The fourth-order valence-electron chi connectivity index (χ4n) is 4.30. The lowest BCUT2D eigenvalue weighted by Crippen LogP contribution is -2.41. The molecule has 2 atom stereocenters. The summed E-state index contributed by atoms with van der Waals surface area (Å²) in [4.78, 5) is 15.2. The van der Waals surface area contributed by atoms with E-state index >= 15 is 0 Å². The summed E-state index contributed by atoms with van der Waals surface area (Å²) in [5.41, 5.74) is 2.81. The second-order valence-corrected chi connectivity index (χ2v) is 9.83. The van der Waals surface area contributed by atoms with Gasteiger partial charge in [0.25, 0.3) is 5.91 Å². The van der Waals surface area contributed by atoms with E-state index in [-0.39, 0.29) is 24.5 Å². The predicted molar refractivity (Wildman–Crippen MR) is 110 cm³/mol. The van der Waals surface area contributed by atoms with Crippen molar-refractivity contribution in [2.45, 2.75) is 84.1 Å². The summed E-state index contributed by atoms with van der Waals surface area (Å²) >= 11 is 0. The van der Waals surface area contributed by atoms with Gasteiger partial charge in [-0.05, 0) is 70.0 Å². The SMILES string of the molecule is CC(CO)c1cc(B2OC(C)(C)C(C)(C)O2)cc2c1C(=O)N([C@@H](C)C1CC1)C2. The first-order chi connectivity index (χ1) is 13.1. The maximum atomic E-state index is 13.2. The number of hydrogen-bond donors (Lipinski definition) is 1. The molecule has 2 aliphatic heterocycles. The zero-order valence-corrected chi connectivity index (χ0v) is 17.9. The van der Waals surface area contributed by atoms with Gasteiger partial charge in [-0.25, -0.2) is 0 Å².